The van der Waals surface area contributed by atoms with Crippen LogP contribution in [0.1, 0.15) is 0 Å². The fourth-order valence-electron chi connectivity index (χ4n) is 3.26. The number of nitrogens with zero attached hydrogens (tertiary/aromatic N) is 8. The second-order valence-corrected chi connectivity index (χ2v) is 6.53. The molecule has 8 heteroatoms. The van der Waals surface area contributed by atoms with Crippen molar-refractivity contribution in [3.05, 3.63) is 30.7 Å². The van der Waals surface area contributed by atoms with E-state index < -0.39 is 0 Å². The third-order valence-corrected chi connectivity index (χ3v) is 4.85. The number of hydrogen-bond acceptors (Lipinski definition) is 8. The number of aromatic nitrogens is 4. The molecule has 2 saturated heterocycles. The van der Waals surface area contributed by atoms with Gasteiger partial charge in [-0.25, -0.2) is 15.0 Å². The molecule has 0 bridgehead atoms. The van der Waals surface area contributed by atoms with E-state index >= 15 is 0 Å². The van der Waals surface area contributed by atoms with Crippen LogP contribution in [-0.2, 0) is 0 Å². The highest BCUT2D eigenvalue weighted by atomic mass is 15.4. The zero-order valence-electron chi connectivity index (χ0n) is 14.6. The average Bonchev–Trinajstić information content (AvgIpc) is 2.69. The van der Waals surface area contributed by atoms with Crippen LogP contribution in [0.5, 0.6) is 0 Å². The summed E-state index contributed by atoms with van der Waals surface area (Å²) in [5.74, 6) is 2.66. The minimum atomic E-state index is 0.800. The topological polar surface area (TPSA) is 64.5 Å². The quantitative estimate of drug-likeness (QED) is 0.793. The maximum atomic E-state index is 4.82. The van der Waals surface area contributed by atoms with Crippen molar-refractivity contribution in [2.45, 2.75) is 0 Å². The second-order valence-electron chi connectivity index (χ2n) is 6.53. The van der Waals surface area contributed by atoms with Gasteiger partial charge in [0.15, 0.2) is 0 Å². The Labute approximate surface area is 148 Å². The number of hydrogen-bond donors (Lipinski definition) is 0. The predicted octanol–water partition coefficient (Wildman–Crippen LogP) is 0.345. The third-order valence-electron chi connectivity index (χ3n) is 4.85. The van der Waals surface area contributed by atoms with Gasteiger partial charge in [-0.1, -0.05) is 0 Å². The van der Waals surface area contributed by atoms with Crippen molar-refractivity contribution < 1.29 is 0 Å². The summed E-state index contributed by atoms with van der Waals surface area (Å²) in [6, 6.07) is 3.86. The van der Waals surface area contributed by atoms with Crippen molar-refractivity contribution in [2.75, 3.05) is 74.1 Å². The molecule has 132 valence electrons. The Kier molecular flexibility index (Phi) is 4.60. The Bertz CT molecular complexity index is 678. The highest BCUT2D eigenvalue weighted by Gasteiger charge is 2.22. The number of rotatable bonds is 3. The smallest absolute Gasteiger partial charge is 0.227 e. The Hall–Kier alpha value is -2.48. The van der Waals surface area contributed by atoms with E-state index in [0.717, 1.165) is 70.1 Å². The van der Waals surface area contributed by atoms with Crippen LogP contribution in [0, 0.1) is 0 Å². The van der Waals surface area contributed by atoms with Gasteiger partial charge < -0.3 is 19.6 Å². The monoisotopic (exact) mass is 340 g/mol. The average molecular weight is 340 g/mol. The summed E-state index contributed by atoms with van der Waals surface area (Å²) in [4.78, 5) is 27.1. The largest absolute Gasteiger partial charge is 0.354 e. The highest BCUT2D eigenvalue weighted by molar-refractivity contribution is 5.45. The molecule has 2 aromatic heterocycles. The maximum Gasteiger partial charge on any atom is 0.227 e. The molecule has 0 N–H and O–H groups in total. The van der Waals surface area contributed by atoms with E-state index in [0.29, 0.717) is 0 Å². The van der Waals surface area contributed by atoms with Gasteiger partial charge in [-0.3, -0.25) is 0 Å². The molecular weight excluding hydrogens is 316 g/mol. The van der Waals surface area contributed by atoms with Crippen LogP contribution in [0.2, 0.25) is 0 Å². The van der Waals surface area contributed by atoms with Gasteiger partial charge in [0.1, 0.15) is 5.82 Å². The SMILES string of the molecule is CN1CCN(c2ccnc(N3CCN(c4ncccn4)CC3)n2)CC1. The van der Waals surface area contributed by atoms with Crippen LogP contribution in [0.4, 0.5) is 17.7 Å². The van der Waals surface area contributed by atoms with Gasteiger partial charge in [0, 0.05) is 70.9 Å². The van der Waals surface area contributed by atoms with E-state index in [9.17, 15) is 0 Å². The summed E-state index contributed by atoms with van der Waals surface area (Å²) in [6.07, 6.45) is 5.46. The fraction of sp³-hybridized carbons (Fsp3) is 0.529. The molecule has 2 aliphatic heterocycles. The predicted molar refractivity (Wildman–Crippen MR) is 98.2 cm³/mol. The Balaban J connectivity index is 1.40. The first-order valence-corrected chi connectivity index (χ1v) is 8.83. The van der Waals surface area contributed by atoms with Crippen LogP contribution in [-0.4, -0.2) is 84.2 Å². The van der Waals surface area contributed by atoms with Crippen LogP contribution in [0.3, 0.4) is 0 Å². The van der Waals surface area contributed by atoms with Crippen molar-refractivity contribution in [2.24, 2.45) is 0 Å². The lowest BCUT2D eigenvalue weighted by molar-refractivity contribution is 0.312. The Morgan fingerprint density at radius 3 is 1.92 bits per heavy atom. The van der Waals surface area contributed by atoms with Gasteiger partial charge in [-0.05, 0) is 19.2 Å². The Morgan fingerprint density at radius 2 is 1.24 bits per heavy atom. The minimum absolute atomic E-state index is 0.800. The first-order chi connectivity index (χ1) is 12.3. The standard InChI is InChI=1S/C17H24N8/c1-22-7-9-23(10-8-22)15-3-6-20-17(21-15)25-13-11-24(12-14-25)16-18-4-2-5-19-16/h2-6H,7-14H2,1H3. The molecule has 4 rings (SSSR count). The summed E-state index contributed by atoms with van der Waals surface area (Å²) in [6.45, 7) is 7.72. The molecule has 8 nitrogen and oxygen atoms in total. The molecule has 0 aromatic carbocycles. The number of anilines is 3. The molecule has 0 saturated carbocycles. The van der Waals surface area contributed by atoms with Crippen molar-refractivity contribution in [1.82, 2.24) is 24.8 Å². The molecule has 2 aliphatic rings. The molecule has 0 spiro atoms. The van der Waals surface area contributed by atoms with Gasteiger partial charge in [0.2, 0.25) is 11.9 Å². The first kappa shape index (κ1) is 16.0. The first-order valence-electron chi connectivity index (χ1n) is 8.83. The summed E-state index contributed by atoms with van der Waals surface area (Å²) >= 11 is 0. The van der Waals surface area contributed by atoms with Crippen molar-refractivity contribution in [1.29, 1.82) is 0 Å². The fourth-order valence-corrected chi connectivity index (χ4v) is 3.26. The van der Waals surface area contributed by atoms with Crippen molar-refractivity contribution in [3.63, 3.8) is 0 Å². The van der Waals surface area contributed by atoms with E-state index in [1.54, 1.807) is 12.4 Å². The van der Waals surface area contributed by atoms with Crippen LogP contribution >= 0.6 is 0 Å². The summed E-state index contributed by atoms with van der Waals surface area (Å²) in [5, 5.41) is 0. The van der Waals surface area contributed by atoms with E-state index in [4.69, 9.17) is 4.98 Å². The molecule has 0 radical (unpaired) electrons. The normalized spacial score (nSPS) is 19.3. The molecule has 0 atom stereocenters. The Morgan fingerprint density at radius 1 is 0.680 bits per heavy atom. The van der Waals surface area contributed by atoms with Gasteiger partial charge in [0.05, 0.1) is 0 Å². The molecule has 0 amide bonds. The van der Waals surface area contributed by atoms with Gasteiger partial charge in [-0.15, -0.1) is 0 Å². The lowest BCUT2D eigenvalue weighted by Crippen LogP contribution is -2.48. The lowest BCUT2D eigenvalue weighted by atomic mass is 10.3. The number of likely N-dealkylation sites (N-methyl/N-ethyl adjacent to an activating group) is 1. The van der Waals surface area contributed by atoms with E-state index in [2.05, 4.69) is 41.6 Å². The summed E-state index contributed by atoms with van der Waals surface area (Å²) in [7, 11) is 2.17. The summed E-state index contributed by atoms with van der Waals surface area (Å²) in [5.41, 5.74) is 0. The molecule has 0 aliphatic carbocycles. The van der Waals surface area contributed by atoms with Crippen molar-refractivity contribution in [3.8, 4) is 0 Å². The van der Waals surface area contributed by atoms with Gasteiger partial charge in [-0.2, -0.15) is 4.98 Å². The maximum absolute atomic E-state index is 4.82. The van der Waals surface area contributed by atoms with E-state index in [1.165, 1.54) is 0 Å². The third kappa shape index (κ3) is 3.63. The van der Waals surface area contributed by atoms with Crippen molar-refractivity contribution >= 4 is 17.7 Å². The van der Waals surface area contributed by atoms with Crippen LogP contribution < -0.4 is 14.7 Å². The zero-order chi connectivity index (χ0) is 17.1. The second kappa shape index (κ2) is 7.18. The molecular formula is C17H24N8. The molecule has 0 unspecified atom stereocenters. The minimum Gasteiger partial charge on any atom is -0.354 e. The van der Waals surface area contributed by atoms with E-state index in [-0.39, 0.29) is 0 Å². The summed E-state index contributed by atoms with van der Waals surface area (Å²) < 4.78 is 0. The lowest BCUT2D eigenvalue weighted by Gasteiger charge is -2.36. The molecule has 2 fully saturated rings. The van der Waals surface area contributed by atoms with E-state index in [1.807, 2.05) is 18.3 Å². The number of piperazine rings is 2. The molecule has 2 aromatic rings. The van der Waals surface area contributed by atoms with Gasteiger partial charge in [0.25, 0.3) is 0 Å². The van der Waals surface area contributed by atoms with Gasteiger partial charge >= 0.3 is 0 Å². The van der Waals surface area contributed by atoms with Crippen LogP contribution in [0.25, 0.3) is 0 Å². The molecule has 4 heterocycles. The zero-order valence-corrected chi connectivity index (χ0v) is 14.6. The van der Waals surface area contributed by atoms with Crippen LogP contribution in [0.15, 0.2) is 30.7 Å². The molecule has 25 heavy (non-hydrogen) atoms. The highest BCUT2D eigenvalue weighted by Crippen LogP contribution is 2.18.